The molecule has 134 valence electrons. The lowest BCUT2D eigenvalue weighted by atomic mass is 10.1. The molecule has 3 rings (SSSR count). The lowest BCUT2D eigenvalue weighted by Crippen LogP contribution is -2.48. The van der Waals surface area contributed by atoms with Crippen molar-refractivity contribution in [3.05, 3.63) is 59.7 Å². The minimum atomic E-state index is -1.11. The van der Waals surface area contributed by atoms with Gasteiger partial charge < -0.3 is 14.6 Å². The Morgan fingerprint density at radius 1 is 1.36 bits per heavy atom. The molecule has 1 atom stereocenters. The lowest BCUT2D eigenvalue weighted by Gasteiger charge is -2.30. The van der Waals surface area contributed by atoms with Crippen LogP contribution >= 0.6 is 0 Å². The van der Waals surface area contributed by atoms with Crippen molar-refractivity contribution in [1.82, 2.24) is 9.88 Å². The third kappa shape index (κ3) is 5.22. The first-order valence-corrected chi connectivity index (χ1v) is 8.35. The fraction of sp³-hybridized carbons (Fsp3) is 0.421. The van der Waals surface area contributed by atoms with Gasteiger partial charge in [-0.2, -0.15) is 0 Å². The van der Waals surface area contributed by atoms with Crippen molar-refractivity contribution in [2.75, 3.05) is 32.9 Å². The Morgan fingerprint density at radius 2 is 2.24 bits per heavy atom. The van der Waals surface area contributed by atoms with Crippen molar-refractivity contribution in [1.29, 1.82) is 0 Å². The van der Waals surface area contributed by atoms with Crippen LogP contribution in [0.5, 0.6) is 5.75 Å². The molecular formula is C19H23FN2O3. The third-order valence-electron chi connectivity index (χ3n) is 4.11. The Labute approximate surface area is 147 Å². The highest BCUT2D eigenvalue weighted by Crippen LogP contribution is 2.18. The van der Waals surface area contributed by atoms with Crippen molar-refractivity contribution in [3.63, 3.8) is 0 Å². The van der Waals surface area contributed by atoms with Crippen molar-refractivity contribution in [3.8, 4) is 5.75 Å². The van der Waals surface area contributed by atoms with Gasteiger partial charge in [-0.1, -0.05) is 12.1 Å². The number of halogens is 1. The molecule has 0 aliphatic carbocycles. The molecule has 1 aliphatic heterocycles. The van der Waals surface area contributed by atoms with Crippen LogP contribution in [-0.2, 0) is 11.3 Å². The predicted molar refractivity (Wildman–Crippen MR) is 91.9 cm³/mol. The molecule has 0 spiro atoms. The Bertz CT molecular complexity index is 695. The zero-order chi connectivity index (χ0) is 17.7. The molecule has 2 aromatic rings. The van der Waals surface area contributed by atoms with E-state index < -0.39 is 5.60 Å². The van der Waals surface area contributed by atoms with Crippen LogP contribution in [0.4, 0.5) is 4.39 Å². The van der Waals surface area contributed by atoms with E-state index in [-0.39, 0.29) is 19.0 Å². The second-order valence-electron chi connectivity index (χ2n) is 6.56. The van der Waals surface area contributed by atoms with Gasteiger partial charge in [-0.15, -0.1) is 0 Å². The number of β-amino-alcohol motifs (C(OH)–C–C–N with tert-alkyl or cyclic N) is 1. The van der Waals surface area contributed by atoms with E-state index in [1.54, 1.807) is 6.07 Å². The molecule has 1 aromatic heterocycles. The van der Waals surface area contributed by atoms with Crippen molar-refractivity contribution in [2.45, 2.75) is 19.1 Å². The number of aryl methyl sites for hydroxylation is 1. The Morgan fingerprint density at radius 3 is 3.00 bits per heavy atom. The summed E-state index contributed by atoms with van der Waals surface area (Å²) in [6.07, 6.45) is 1.21. The van der Waals surface area contributed by atoms with Gasteiger partial charge in [-0.3, -0.25) is 9.88 Å². The molecule has 25 heavy (non-hydrogen) atoms. The van der Waals surface area contributed by atoms with Gasteiger partial charge in [0.15, 0.2) is 0 Å². The summed E-state index contributed by atoms with van der Waals surface area (Å²) in [7, 11) is 0. The van der Waals surface area contributed by atoms with Crippen LogP contribution in [0, 0.1) is 12.7 Å². The number of hydrogen-bond acceptors (Lipinski definition) is 5. The molecule has 1 aliphatic rings. The van der Waals surface area contributed by atoms with Crippen molar-refractivity contribution < 1.29 is 19.0 Å². The molecule has 6 heteroatoms. The van der Waals surface area contributed by atoms with Gasteiger partial charge in [-0.25, -0.2) is 4.39 Å². The van der Waals surface area contributed by atoms with E-state index in [1.807, 2.05) is 36.1 Å². The van der Waals surface area contributed by atoms with E-state index >= 15 is 0 Å². The van der Waals surface area contributed by atoms with Gasteiger partial charge in [0.05, 0.1) is 25.1 Å². The molecule has 0 bridgehead atoms. The highest BCUT2D eigenvalue weighted by atomic mass is 19.1. The summed E-state index contributed by atoms with van der Waals surface area (Å²) in [5.41, 5.74) is 0.746. The summed E-state index contributed by atoms with van der Waals surface area (Å²) >= 11 is 0. The summed E-state index contributed by atoms with van der Waals surface area (Å²) in [6, 6.07) is 10.8. The lowest BCUT2D eigenvalue weighted by molar-refractivity contribution is -0.0647. The predicted octanol–water partition coefficient (Wildman–Crippen LogP) is 2.17. The SMILES string of the molecule is Cc1cccc(OC[C@@]2(O)COCCN(Cc3ccc(F)cn3)C2)c1. The summed E-state index contributed by atoms with van der Waals surface area (Å²) < 4.78 is 24.3. The normalized spacial score (nSPS) is 21.7. The van der Waals surface area contributed by atoms with Crippen LogP contribution in [0.2, 0.25) is 0 Å². The quantitative estimate of drug-likeness (QED) is 0.899. The summed E-state index contributed by atoms with van der Waals surface area (Å²) in [5.74, 6) is 0.371. The number of nitrogens with zero attached hydrogens (tertiary/aromatic N) is 2. The van der Waals surface area contributed by atoms with Crippen LogP contribution in [0.1, 0.15) is 11.3 Å². The van der Waals surface area contributed by atoms with Crippen LogP contribution < -0.4 is 4.74 Å². The van der Waals surface area contributed by atoms with E-state index in [0.29, 0.717) is 26.2 Å². The van der Waals surface area contributed by atoms with E-state index in [4.69, 9.17) is 9.47 Å². The first kappa shape index (κ1) is 17.8. The van der Waals surface area contributed by atoms with Crippen LogP contribution in [0.15, 0.2) is 42.6 Å². The van der Waals surface area contributed by atoms with Gasteiger partial charge in [-0.05, 0) is 36.8 Å². The average molecular weight is 346 g/mol. The highest BCUT2D eigenvalue weighted by Gasteiger charge is 2.33. The monoisotopic (exact) mass is 346 g/mol. The Hall–Kier alpha value is -2.02. The molecule has 1 saturated heterocycles. The van der Waals surface area contributed by atoms with Gasteiger partial charge in [0.25, 0.3) is 0 Å². The van der Waals surface area contributed by atoms with Gasteiger partial charge in [0.1, 0.15) is 23.8 Å². The zero-order valence-corrected chi connectivity index (χ0v) is 14.3. The molecule has 0 saturated carbocycles. The first-order valence-electron chi connectivity index (χ1n) is 8.35. The smallest absolute Gasteiger partial charge is 0.141 e. The minimum absolute atomic E-state index is 0.143. The highest BCUT2D eigenvalue weighted by molar-refractivity contribution is 5.27. The molecule has 5 nitrogen and oxygen atoms in total. The topological polar surface area (TPSA) is 54.8 Å². The molecular weight excluding hydrogens is 323 g/mol. The van der Waals surface area contributed by atoms with Gasteiger partial charge in [0.2, 0.25) is 0 Å². The van der Waals surface area contributed by atoms with E-state index in [9.17, 15) is 9.50 Å². The maximum Gasteiger partial charge on any atom is 0.141 e. The first-order chi connectivity index (χ1) is 12.0. The maximum atomic E-state index is 13.0. The Balaban J connectivity index is 1.62. The molecule has 2 heterocycles. The minimum Gasteiger partial charge on any atom is -0.490 e. The number of hydrogen-bond donors (Lipinski definition) is 1. The summed E-state index contributed by atoms with van der Waals surface area (Å²) in [6.45, 7) is 4.47. The number of aliphatic hydroxyl groups is 1. The van der Waals surface area contributed by atoms with Gasteiger partial charge in [0, 0.05) is 19.6 Å². The van der Waals surface area contributed by atoms with Gasteiger partial charge >= 0.3 is 0 Å². The summed E-state index contributed by atoms with van der Waals surface area (Å²) in [5, 5.41) is 10.9. The molecule has 0 amide bonds. The molecule has 1 aromatic carbocycles. The second-order valence-corrected chi connectivity index (χ2v) is 6.56. The molecule has 0 radical (unpaired) electrons. The number of benzene rings is 1. The largest absolute Gasteiger partial charge is 0.490 e. The van der Waals surface area contributed by atoms with Crippen molar-refractivity contribution in [2.24, 2.45) is 0 Å². The fourth-order valence-corrected chi connectivity index (χ4v) is 2.87. The van der Waals surface area contributed by atoms with Crippen LogP contribution in [-0.4, -0.2) is 53.5 Å². The third-order valence-corrected chi connectivity index (χ3v) is 4.11. The molecule has 0 unspecified atom stereocenters. The van der Waals surface area contributed by atoms with Crippen LogP contribution in [0.25, 0.3) is 0 Å². The zero-order valence-electron chi connectivity index (χ0n) is 14.3. The van der Waals surface area contributed by atoms with Crippen LogP contribution in [0.3, 0.4) is 0 Å². The average Bonchev–Trinajstić information content (AvgIpc) is 2.77. The number of aromatic nitrogens is 1. The second kappa shape index (κ2) is 7.91. The standard InChI is InChI=1S/C19H23FN2O3/c1-15-3-2-4-18(9-15)25-14-19(23)12-22(7-8-24-13-19)11-17-6-5-16(20)10-21-17/h2-6,9-10,23H,7-8,11-14H2,1H3/t19-/m0/s1. The van der Waals surface area contributed by atoms with Crippen molar-refractivity contribution >= 4 is 0 Å². The van der Waals surface area contributed by atoms with E-state index in [2.05, 4.69) is 4.98 Å². The van der Waals surface area contributed by atoms with E-state index in [1.165, 1.54) is 12.3 Å². The number of pyridine rings is 1. The molecule has 1 fully saturated rings. The Kier molecular flexibility index (Phi) is 5.63. The number of ether oxygens (including phenoxy) is 2. The molecule has 1 N–H and O–H groups in total. The maximum absolute atomic E-state index is 13.0. The summed E-state index contributed by atoms with van der Waals surface area (Å²) in [4.78, 5) is 6.13. The van der Waals surface area contributed by atoms with E-state index in [0.717, 1.165) is 17.0 Å². The number of rotatable bonds is 5. The fourth-order valence-electron chi connectivity index (χ4n) is 2.87.